The summed E-state index contributed by atoms with van der Waals surface area (Å²) < 4.78 is 7.43. The van der Waals surface area contributed by atoms with Crippen LogP contribution in [0.15, 0.2) is 66.0 Å². The average Bonchev–Trinajstić information content (AvgIpc) is 3.20. The number of nitrogens with one attached hydrogen (secondary N) is 1. The van der Waals surface area contributed by atoms with Crippen molar-refractivity contribution in [3.8, 4) is 17.1 Å². The fraction of sp³-hybridized carbons (Fsp3) is 0.182. The molecule has 0 atom stereocenters. The monoisotopic (exact) mass is 419 g/mol. The quantitative estimate of drug-likeness (QED) is 0.451. The van der Waals surface area contributed by atoms with Crippen molar-refractivity contribution in [3.05, 3.63) is 60.8 Å². The van der Waals surface area contributed by atoms with Crippen molar-refractivity contribution in [2.24, 2.45) is 0 Å². The average molecular weight is 420 g/mol. The van der Waals surface area contributed by atoms with Crippen LogP contribution in [0.1, 0.15) is 6.92 Å². The first kappa shape index (κ1) is 19.9. The Balaban J connectivity index is 1.50. The van der Waals surface area contributed by atoms with Gasteiger partial charge in [-0.15, -0.1) is 10.2 Å². The maximum absolute atomic E-state index is 12.6. The number of fused-ring (bicyclic) bond motifs is 1. The molecule has 7 nitrogen and oxygen atoms in total. The molecule has 30 heavy (non-hydrogen) atoms. The minimum atomic E-state index is -0.110. The third kappa shape index (κ3) is 3.99. The number of ether oxygens (including phenoxy) is 1. The Labute approximate surface area is 178 Å². The number of amides is 1. The van der Waals surface area contributed by atoms with Crippen LogP contribution in [-0.4, -0.2) is 38.5 Å². The lowest BCUT2D eigenvalue weighted by Gasteiger charge is -2.11. The Kier molecular flexibility index (Phi) is 5.94. The van der Waals surface area contributed by atoms with Crippen LogP contribution in [-0.2, 0) is 11.3 Å². The Morgan fingerprint density at radius 1 is 1.10 bits per heavy atom. The Morgan fingerprint density at radius 2 is 1.97 bits per heavy atom. The zero-order valence-electron chi connectivity index (χ0n) is 16.7. The number of rotatable bonds is 7. The molecule has 0 aliphatic rings. The summed E-state index contributed by atoms with van der Waals surface area (Å²) in [5.74, 6) is 1.57. The van der Waals surface area contributed by atoms with Crippen LogP contribution >= 0.6 is 11.8 Å². The van der Waals surface area contributed by atoms with Crippen molar-refractivity contribution >= 4 is 34.3 Å². The highest BCUT2D eigenvalue weighted by Crippen LogP contribution is 2.31. The molecule has 0 spiro atoms. The fourth-order valence-corrected chi connectivity index (χ4v) is 4.04. The van der Waals surface area contributed by atoms with Crippen molar-refractivity contribution in [3.63, 3.8) is 0 Å². The van der Waals surface area contributed by atoms with Gasteiger partial charge in [0.15, 0.2) is 11.0 Å². The first-order chi connectivity index (χ1) is 14.7. The highest BCUT2D eigenvalue weighted by molar-refractivity contribution is 7.99. The molecule has 4 rings (SSSR count). The van der Waals surface area contributed by atoms with Gasteiger partial charge in [0.05, 0.1) is 29.6 Å². The van der Waals surface area contributed by atoms with Crippen LogP contribution in [0.2, 0.25) is 0 Å². The van der Waals surface area contributed by atoms with Crippen LogP contribution in [0.3, 0.4) is 0 Å². The molecule has 0 unspecified atom stereocenters. The van der Waals surface area contributed by atoms with Gasteiger partial charge < -0.3 is 14.6 Å². The summed E-state index contributed by atoms with van der Waals surface area (Å²) in [5, 5.41) is 13.2. The SMILES string of the molecule is CCn1c(SCC(=O)Nc2cccc3ncccc23)nnc1-c1ccccc1OC. The summed E-state index contributed by atoms with van der Waals surface area (Å²) in [7, 11) is 1.63. The number of methoxy groups -OCH3 is 1. The molecule has 152 valence electrons. The van der Waals surface area contributed by atoms with Gasteiger partial charge in [-0.3, -0.25) is 9.78 Å². The minimum Gasteiger partial charge on any atom is -0.496 e. The molecule has 8 heteroatoms. The molecule has 2 aromatic heterocycles. The van der Waals surface area contributed by atoms with Crippen molar-refractivity contribution in [2.75, 3.05) is 18.2 Å². The van der Waals surface area contributed by atoms with Gasteiger partial charge in [0.2, 0.25) is 5.91 Å². The fourth-order valence-electron chi connectivity index (χ4n) is 3.24. The highest BCUT2D eigenvalue weighted by atomic mass is 32.2. The Bertz CT molecular complexity index is 1190. The van der Waals surface area contributed by atoms with Crippen LogP contribution in [0.5, 0.6) is 5.75 Å². The van der Waals surface area contributed by atoms with Gasteiger partial charge in [0.25, 0.3) is 0 Å². The third-order valence-corrected chi connectivity index (χ3v) is 5.60. The summed E-state index contributed by atoms with van der Waals surface area (Å²) >= 11 is 1.35. The lowest BCUT2D eigenvalue weighted by Crippen LogP contribution is -2.15. The molecule has 0 aliphatic heterocycles. The zero-order chi connectivity index (χ0) is 20.9. The predicted molar refractivity (Wildman–Crippen MR) is 119 cm³/mol. The van der Waals surface area contributed by atoms with E-state index in [-0.39, 0.29) is 11.7 Å². The summed E-state index contributed by atoms with van der Waals surface area (Å²) in [5.41, 5.74) is 2.46. The molecule has 4 aromatic rings. The van der Waals surface area contributed by atoms with Crippen molar-refractivity contribution in [1.29, 1.82) is 0 Å². The van der Waals surface area contributed by atoms with Gasteiger partial charge in [0.1, 0.15) is 5.75 Å². The minimum absolute atomic E-state index is 0.110. The van der Waals surface area contributed by atoms with E-state index in [0.717, 1.165) is 33.7 Å². The predicted octanol–water partition coefficient (Wildman–Crippen LogP) is 4.25. The second kappa shape index (κ2) is 8.96. The summed E-state index contributed by atoms with van der Waals surface area (Å²) in [4.78, 5) is 16.9. The van der Waals surface area contributed by atoms with Gasteiger partial charge in [0, 0.05) is 18.1 Å². The number of nitrogens with zero attached hydrogens (tertiary/aromatic N) is 4. The van der Waals surface area contributed by atoms with Gasteiger partial charge in [-0.05, 0) is 43.3 Å². The topological polar surface area (TPSA) is 81.9 Å². The van der Waals surface area contributed by atoms with E-state index in [1.165, 1.54) is 11.8 Å². The van der Waals surface area contributed by atoms with Gasteiger partial charge in [-0.1, -0.05) is 30.0 Å². The van der Waals surface area contributed by atoms with E-state index < -0.39 is 0 Å². The number of para-hydroxylation sites is 1. The van der Waals surface area contributed by atoms with Crippen LogP contribution < -0.4 is 10.1 Å². The van der Waals surface area contributed by atoms with E-state index in [9.17, 15) is 4.79 Å². The van der Waals surface area contributed by atoms with Crippen molar-refractivity contribution < 1.29 is 9.53 Å². The normalized spacial score (nSPS) is 10.9. The number of thioether (sulfide) groups is 1. The number of benzene rings is 2. The van der Waals surface area contributed by atoms with Crippen molar-refractivity contribution in [2.45, 2.75) is 18.6 Å². The highest BCUT2D eigenvalue weighted by Gasteiger charge is 2.17. The van der Waals surface area contributed by atoms with E-state index in [1.807, 2.05) is 66.1 Å². The standard InChI is InChI=1S/C22H21N5O2S/c1-3-27-21(16-8-4-5-12-19(16)29-2)25-26-22(27)30-14-20(28)24-18-11-6-10-17-15(18)9-7-13-23-17/h4-13H,3,14H2,1-2H3,(H,24,28). The third-order valence-electron chi connectivity index (χ3n) is 4.63. The van der Waals surface area contributed by atoms with Crippen LogP contribution in [0.25, 0.3) is 22.3 Å². The second-order valence-electron chi connectivity index (χ2n) is 6.46. The number of hydrogen-bond donors (Lipinski definition) is 1. The lowest BCUT2D eigenvalue weighted by atomic mass is 10.2. The smallest absolute Gasteiger partial charge is 0.234 e. The molecule has 1 N–H and O–H groups in total. The van der Waals surface area contributed by atoms with E-state index in [0.29, 0.717) is 11.7 Å². The molecule has 0 saturated heterocycles. The van der Waals surface area contributed by atoms with E-state index in [2.05, 4.69) is 20.5 Å². The molecule has 0 bridgehead atoms. The van der Waals surface area contributed by atoms with Gasteiger partial charge in [-0.2, -0.15) is 0 Å². The molecular weight excluding hydrogens is 398 g/mol. The number of pyridine rings is 1. The number of hydrogen-bond acceptors (Lipinski definition) is 6. The Morgan fingerprint density at radius 3 is 2.80 bits per heavy atom. The lowest BCUT2D eigenvalue weighted by molar-refractivity contribution is -0.113. The molecule has 0 saturated carbocycles. The number of carbonyl (C=O) groups is 1. The summed E-state index contributed by atoms with van der Waals surface area (Å²) in [6, 6.07) is 17.2. The molecule has 2 heterocycles. The second-order valence-corrected chi connectivity index (χ2v) is 7.41. The van der Waals surface area contributed by atoms with E-state index >= 15 is 0 Å². The maximum Gasteiger partial charge on any atom is 0.234 e. The number of carbonyl (C=O) groups excluding carboxylic acids is 1. The first-order valence-electron chi connectivity index (χ1n) is 9.54. The molecule has 2 aromatic carbocycles. The molecule has 0 radical (unpaired) electrons. The van der Waals surface area contributed by atoms with Gasteiger partial charge in [-0.25, -0.2) is 0 Å². The molecule has 0 aliphatic carbocycles. The summed E-state index contributed by atoms with van der Waals surface area (Å²) in [6.45, 7) is 2.70. The molecule has 0 fully saturated rings. The van der Waals surface area contributed by atoms with Crippen LogP contribution in [0, 0.1) is 0 Å². The number of aromatic nitrogens is 4. The largest absolute Gasteiger partial charge is 0.496 e. The van der Waals surface area contributed by atoms with Crippen LogP contribution in [0.4, 0.5) is 5.69 Å². The number of anilines is 1. The maximum atomic E-state index is 12.6. The van der Waals surface area contributed by atoms with E-state index in [4.69, 9.17) is 4.74 Å². The summed E-state index contributed by atoms with van der Waals surface area (Å²) in [6.07, 6.45) is 1.74. The van der Waals surface area contributed by atoms with E-state index in [1.54, 1.807) is 13.3 Å². The van der Waals surface area contributed by atoms with Crippen molar-refractivity contribution in [1.82, 2.24) is 19.7 Å². The molecule has 1 amide bonds. The molecular formula is C22H21N5O2S. The Hall–Kier alpha value is -3.39. The zero-order valence-corrected chi connectivity index (χ0v) is 17.5. The first-order valence-corrected chi connectivity index (χ1v) is 10.5. The van der Waals surface area contributed by atoms with Gasteiger partial charge >= 0.3 is 0 Å².